The number of hydrogen-bond donors (Lipinski definition) is 2. The van der Waals surface area contributed by atoms with Gasteiger partial charge in [0.2, 0.25) is 11.4 Å². The Labute approximate surface area is 181 Å². The maximum Gasteiger partial charge on any atom is 0.220 e. The van der Waals surface area contributed by atoms with Crippen LogP contribution in [0.15, 0.2) is 17.8 Å². The number of methoxy groups -OCH3 is 2. The van der Waals surface area contributed by atoms with E-state index in [1.165, 1.54) is 20.3 Å². The number of fused-ring (bicyclic) bond motifs is 1. The van der Waals surface area contributed by atoms with E-state index >= 15 is 0 Å². The summed E-state index contributed by atoms with van der Waals surface area (Å²) in [6.07, 6.45) is 3.82. The van der Waals surface area contributed by atoms with Crippen molar-refractivity contribution in [2.75, 3.05) is 33.9 Å². The number of nitrogens with one attached hydrogen (secondary N) is 2. The van der Waals surface area contributed by atoms with Crippen LogP contribution in [-0.4, -0.2) is 51.0 Å². The van der Waals surface area contributed by atoms with Crippen LogP contribution in [0.5, 0.6) is 17.2 Å². The molecule has 1 spiro atoms. The van der Waals surface area contributed by atoms with E-state index in [4.69, 9.17) is 25.8 Å². The van der Waals surface area contributed by atoms with Gasteiger partial charge in [-0.1, -0.05) is 18.5 Å². The Morgan fingerprint density at radius 1 is 1.23 bits per heavy atom. The lowest BCUT2D eigenvalue weighted by Crippen LogP contribution is -2.55. The van der Waals surface area contributed by atoms with Gasteiger partial charge < -0.3 is 24.8 Å². The number of carbonyl (C=O) groups is 2. The Kier molecular flexibility index (Phi) is 5.68. The van der Waals surface area contributed by atoms with Gasteiger partial charge >= 0.3 is 0 Å². The predicted octanol–water partition coefficient (Wildman–Crippen LogP) is 2.75. The van der Waals surface area contributed by atoms with Crippen LogP contribution >= 0.6 is 11.6 Å². The van der Waals surface area contributed by atoms with Gasteiger partial charge in [0.15, 0.2) is 11.5 Å². The maximum atomic E-state index is 13.8. The van der Waals surface area contributed by atoms with Crippen LogP contribution in [0.1, 0.15) is 36.5 Å². The second-order valence-corrected chi connectivity index (χ2v) is 8.55. The van der Waals surface area contributed by atoms with Gasteiger partial charge in [-0.05, 0) is 31.8 Å². The molecule has 30 heavy (non-hydrogen) atoms. The third-order valence-corrected chi connectivity index (χ3v) is 6.72. The number of benzene rings is 1. The van der Waals surface area contributed by atoms with Crippen LogP contribution in [0.2, 0.25) is 5.02 Å². The van der Waals surface area contributed by atoms with Crippen molar-refractivity contribution in [1.29, 1.82) is 0 Å². The summed E-state index contributed by atoms with van der Waals surface area (Å²) in [6, 6.07) is 1.59. The number of ketones is 2. The topological polar surface area (TPSA) is 85.9 Å². The molecule has 2 heterocycles. The Hall–Kier alpha value is -2.25. The van der Waals surface area contributed by atoms with Crippen molar-refractivity contribution in [2.45, 2.75) is 31.8 Å². The molecule has 8 heteroatoms. The molecule has 1 saturated heterocycles. The molecule has 4 rings (SSSR count). The van der Waals surface area contributed by atoms with Gasteiger partial charge in [-0.25, -0.2) is 0 Å². The molecule has 0 bridgehead atoms. The Morgan fingerprint density at radius 2 is 1.93 bits per heavy atom. The molecule has 2 atom stereocenters. The van der Waals surface area contributed by atoms with Gasteiger partial charge in [0, 0.05) is 31.0 Å². The molecule has 0 unspecified atom stereocenters. The minimum atomic E-state index is -1.33. The highest BCUT2D eigenvalue weighted by atomic mass is 35.5. The van der Waals surface area contributed by atoms with Gasteiger partial charge in [-0.2, -0.15) is 0 Å². The summed E-state index contributed by atoms with van der Waals surface area (Å²) < 4.78 is 17.1. The van der Waals surface area contributed by atoms with Gasteiger partial charge in [0.05, 0.1) is 19.9 Å². The fourth-order valence-electron chi connectivity index (χ4n) is 4.66. The number of rotatable bonds is 5. The van der Waals surface area contributed by atoms with Crippen LogP contribution in [0.4, 0.5) is 0 Å². The summed E-state index contributed by atoms with van der Waals surface area (Å²) in [7, 11) is 2.98. The van der Waals surface area contributed by atoms with E-state index in [0.29, 0.717) is 35.2 Å². The summed E-state index contributed by atoms with van der Waals surface area (Å²) in [5, 5.41) is 6.96. The summed E-state index contributed by atoms with van der Waals surface area (Å²) in [6.45, 7) is 4.48. The van der Waals surface area contributed by atoms with Crippen molar-refractivity contribution in [1.82, 2.24) is 10.6 Å². The SMILES string of the molecule is COc1cc(OC)c2c(c1Cl)O[C@]1(C2=O)C(NCC2CCNCC2)=CC(=O)C[C@H]1C. The lowest BCUT2D eigenvalue weighted by atomic mass is 9.74. The van der Waals surface area contributed by atoms with Gasteiger partial charge in [-0.3, -0.25) is 9.59 Å². The highest BCUT2D eigenvalue weighted by Gasteiger charge is 2.58. The normalized spacial score (nSPS) is 26.3. The molecule has 1 fully saturated rings. The minimum Gasteiger partial charge on any atom is -0.496 e. The van der Waals surface area contributed by atoms with Crippen molar-refractivity contribution in [3.05, 3.63) is 28.4 Å². The van der Waals surface area contributed by atoms with Crippen molar-refractivity contribution < 1.29 is 23.8 Å². The molecule has 162 valence electrons. The number of halogens is 1. The average molecular weight is 435 g/mol. The minimum absolute atomic E-state index is 0.0241. The van der Waals surface area contributed by atoms with Crippen LogP contribution in [0, 0.1) is 11.8 Å². The van der Waals surface area contributed by atoms with E-state index in [1.807, 2.05) is 6.92 Å². The zero-order chi connectivity index (χ0) is 21.5. The third-order valence-electron chi connectivity index (χ3n) is 6.37. The molecule has 0 amide bonds. The van der Waals surface area contributed by atoms with E-state index in [2.05, 4.69) is 10.6 Å². The second-order valence-electron chi connectivity index (χ2n) is 8.17. The Bertz CT molecular complexity index is 909. The number of ether oxygens (including phenoxy) is 3. The van der Waals surface area contributed by atoms with Crippen LogP contribution in [0.3, 0.4) is 0 Å². The summed E-state index contributed by atoms with van der Waals surface area (Å²) in [4.78, 5) is 26.2. The molecule has 7 nitrogen and oxygen atoms in total. The van der Waals surface area contributed by atoms with Crippen molar-refractivity contribution in [2.24, 2.45) is 11.8 Å². The quantitative estimate of drug-likeness (QED) is 0.736. The fourth-order valence-corrected chi connectivity index (χ4v) is 4.93. The van der Waals surface area contributed by atoms with Crippen LogP contribution < -0.4 is 24.8 Å². The van der Waals surface area contributed by atoms with E-state index in [9.17, 15) is 9.59 Å². The van der Waals surface area contributed by atoms with Gasteiger partial charge in [0.25, 0.3) is 0 Å². The molecule has 0 aromatic heterocycles. The Balaban J connectivity index is 1.74. The molecule has 2 N–H and O–H groups in total. The maximum absolute atomic E-state index is 13.8. The molecule has 1 aromatic rings. The molecule has 1 aromatic carbocycles. The van der Waals surface area contributed by atoms with Crippen molar-refractivity contribution in [3.8, 4) is 17.2 Å². The van der Waals surface area contributed by atoms with Crippen LogP contribution in [-0.2, 0) is 4.79 Å². The largest absolute Gasteiger partial charge is 0.496 e. The van der Waals surface area contributed by atoms with Crippen molar-refractivity contribution in [3.63, 3.8) is 0 Å². The standard InChI is InChI=1S/C22H27ClN2O5/c1-12-8-14(26)9-17(25-11-13-4-6-24-7-5-13)22(12)21(27)18-15(28-2)10-16(29-3)19(23)20(18)30-22/h9-10,12-13,24-25H,4-8,11H2,1-3H3/t12-,22+/m1/s1. The third kappa shape index (κ3) is 3.24. The first-order valence-electron chi connectivity index (χ1n) is 10.3. The smallest absolute Gasteiger partial charge is 0.220 e. The molecule has 3 aliphatic rings. The zero-order valence-corrected chi connectivity index (χ0v) is 18.2. The van der Waals surface area contributed by atoms with Gasteiger partial charge in [0.1, 0.15) is 22.1 Å². The summed E-state index contributed by atoms with van der Waals surface area (Å²) in [5.74, 6) is 0.783. The summed E-state index contributed by atoms with van der Waals surface area (Å²) in [5.41, 5.74) is -0.533. The predicted molar refractivity (Wildman–Crippen MR) is 113 cm³/mol. The first-order chi connectivity index (χ1) is 14.4. The molecule has 0 radical (unpaired) electrons. The molecular formula is C22H27ClN2O5. The molecule has 0 saturated carbocycles. The van der Waals surface area contributed by atoms with E-state index in [-0.39, 0.29) is 34.7 Å². The van der Waals surface area contributed by atoms with E-state index < -0.39 is 5.60 Å². The first-order valence-corrected chi connectivity index (χ1v) is 10.7. The fraction of sp³-hybridized carbons (Fsp3) is 0.545. The number of hydrogen-bond acceptors (Lipinski definition) is 7. The lowest BCUT2D eigenvalue weighted by molar-refractivity contribution is -0.117. The highest BCUT2D eigenvalue weighted by Crippen LogP contribution is 2.54. The molecule has 2 aliphatic heterocycles. The van der Waals surface area contributed by atoms with E-state index in [1.54, 1.807) is 6.07 Å². The highest BCUT2D eigenvalue weighted by molar-refractivity contribution is 6.35. The number of carbonyl (C=O) groups excluding carboxylic acids is 2. The molecular weight excluding hydrogens is 408 g/mol. The number of allylic oxidation sites excluding steroid dienone is 1. The number of Topliss-reactive ketones (excluding diaryl/α,β-unsaturated/α-hetero) is 1. The first kappa shape index (κ1) is 21.0. The number of piperidine rings is 1. The van der Waals surface area contributed by atoms with Crippen LogP contribution in [0.25, 0.3) is 0 Å². The average Bonchev–Trinajstić information content (AvgIpc) is 3.06. The Morgan fingerprint density at radius 3 is 2.60 bits per heavy atom. The monoisotopic (exact) mass is 434 g/mol. The van der Waals surface area contributed by atoms with E-state index in [0.717, 1.165) is 25.9 Å². The lowest BCUT2D eigenvalue weighted by Gasteiger charge is -2.39. The van der Waals surface area contributed by atoms with Gasteiger partial charge in [-0.15, -0.1) is 0 Å². The summed E-state index contributed by atoms with van der Waals surface area (Å²) >= 11 is 6.50. The molecule has 1 aliphatic carbocycles. The zero-order valence-electron chi connectivity index (χ0n) is 17.5. The van der Waals surface area contributed by atoms with Crippen molar-refractivity contribution >= 4 is 23.2 Å². The second kappa shape index (κ2) is 8.12.